The molecular weight excluding hydrogens is 344 g/mol. The van der Waals surface area contributed by atoms with Gasteiger partial charge in [0.1, 0.15) is 17.5 Å². The normalized spacial score (nSPS) is 47.0. The Bertz CT molecular complexity index is 793. The summed E-state index contributed by atoms with van der Waals surface area (Å²) in [5.74, 6) is -0.616. The monoisotopic (exact) mass is 372 g/mol. The van der Waals surface area contributed by atoms with Crippen molar-refractivity contribution in [1.82, 2.24) is 0 Å². The third kappa shape index (κ3) is 2.27. The summed E-state index contributed by atoms with van der Waals surface area (Å²) in [6.07, 6.45) is 6.55. The van der Waals surface area contributed by atoms with E-state index in [1.54, 1.807) is 12.2 Å². The smallest absolute Gasteiger partial charge is 0.192 e. The highest BCUT2D eigenvalue weighted by Gasteiger charge is 2.68. The molecule has 27 heavy (non-hydrogen) atoms. The topological polar surface area (TPSA) is 91.7 Å². The molecule has 0 aliphatic heterocycles. The maximum absolute atomic E-state index is 13.4. The average Bonchev–Trinajstić information content (AvgIpc) is 2.86. The van der Waals surface area contributed by atoms with Gasteiger partial charge in [0.2, 0.25) is 0 Å². The van der Waals surface area contributed by atoms with Crippen LogP contribution in [-0.2, 0) is 14.4 Å². The first-order chi connectivity index (χ1) is 12.5. The molecule has 7 atom stereocenters. The molecule has 0 radical (unpaired) electrons. The Labute approximate surface area is 159 Å². The van der Waals surface area contributed by atoms with Gasteiger partial charge < -0.3 is 10.2 Å². The number of rotatable bonds is 2. The van der Waals surface area contributed by atoms with Crippen LogP contribution in [-0.4, -0.2) is 39.3 Å². The van der Waals surface area contributed by atoms with Crippen molar-refractivity contribution in [2.24, 2.45) is 28.6 Å². The van der Waals surface area contributed by atoms with E-state index in [2.05, 4.69) is 0 Å². The van der Waals surface area contributed by atoms with Crippen molar-refractivity contribution in [1.29, 1.82) is 0 Å². The molecule has 3 fully saturated rings. The van der Waals surface area contributed by atoms with Crippen LogP contribution in [0.4, 0.5) is 0 Å². The molecule has 5 nitrogen and oxygen atoms in total. The predicted octanol–water partition coefficient (Wildman–Crippen LogP) is 2.15. The summed E-state index contributed by atoms with van der Waals surface area (Å²) >= 11 is 0. The third-order valence-electron chi connectivity index (χ3n) is 8.20. The molecule has 1 unspecified atom stereocenters. The second-order valence-corrected chi connectivity index (χ2v) is 9.47. The molecule has 0 aromatic rings. The number of carbonyl (C=O) groups excluding carboxylic acids is 3. The minimum atomic E-state index is -1.65. The Kier molecular flexibility index (Phi) is 3.97. The Morgan fingerprint density at radius 2 is 1.96 bits per heavy atom. The standard InChI is InChI=1S/C22H28O5/c1-12(23)19(26)22(27)9-7-16-15-5-4-13-10-14(24)6-8-20(13,2)18(15)17(25)11-21(16,22)3/h6,8,10,12,15-16,18,23,27H,4-5,7,9,11H2,1-3H3/t12?,15-,16-,18+,20-,21-,22-/m0/s1. The molecular formula is C22H28O5. The highest BCUT2D eigenvalue weighted by molar-refractivity contribution is 6.02. The van der Waals surface area contributed by atoms with Crippen LogP contribution in [0, 0.1) is 28.6 Å². The molecule has 5 heteroatoms. The van der Waals surface area contributed by atoms with Crippen LogP contribution in [0.15, 0.2) is 23.8 Å². The van der Waals surface area contributed by atoms with Gasteiger partial charge >= 0.3 is 0 Å². The van der Waals surface area contributed by atoms with Crippen LogP contribution in [0.1, 0.15) is 52.9 Å². The Hall–Kier alpha value is -1.59. The second kappa shape index (κ2) is 5.71. The van der Waals surface area contributed by atoms with Crippen LogP contribution in [0.3, 0.4) is 0 Å². The van der Waals surface area contributed by atoms with E-state index < -0.39 is 28.3 Å². The van der Waals surface area contributed by atoms with Crippen molar-refractivity contribution in [3.8, 4) is 0 Å². The van der Waals surface area contributed by atoms with E-state index in [1.165, 1.54) is 6.92 Å². The van der Waals surface area contributed by atoms with Crippen molar-refractivity contribution in [2.75, 3.05) is 0 Å². The molecule has 4 aliphatic carbocycles. The van der Waals surface area contributed by atoms with E-state index in [1.807, 2.05) is 19.9 Å². The van der Waals surface area contributed by atoms with E-state index in [0.29, 0.717) is 12.8 Å². The van der Waals surface area contributed by atoms with Gasteiger partial charge in [0.25, 0.3) is 0 Å². The predicted molar refractivity (Wildman–Crippen MR) is 98.6 cm³/mol. The van der Waals surface area contributed by atoms with Crippen LogP contribution in [0.25, 0.3) is 0 Å². The first-order valence-electron chi connectivity index (χ1n) is 9.96. The molecule has 0 amide bonds. The fourth-order valence-electron chi connectivity index (χ4n) is 6.78. The largest absolute Gasteiger partial charge is 0.385 e. The summed E-state index contributed by atoms with van der Waals surface area (Å²) in [6.45, 7) is 5.28. The fourth-order valence-corrected chi connectivity index (χ4v) is 6.78. The first kappa shape index (κ1) is 18.8. The summed E-state index contributed by atoms with van der Waals surface area (Å²) in [6, 6.07) is 0. The lowest BCUT2D eigenvalue weighted by Gasteiger charge is -2.56. The van der Waals surface area contributed by atoms with E-state index in [0.717, 1.165) is 18.4 Å². The van der Waals surface area contributed by atoms with Crippen LogP contribution >= 0.6 is 0 Å². The van der Waals surface area contributed by atoms with Gasteiger partial charge in [-0.2, -0.15) is 0 Å². The van der Waals surface area contributed by atoms with Crippen LogP contribution in [0.2, 0.25) is 0 Å². The van der Waals surface area contributed by atoms with Gasteiger partial charge in [0.05, 0.1) is 0 Å². The van der Waals surface area contributed by atoms with E-state index in [-0.39, 0.29) is 35.7 Å². The zero-order chi connectivity index (χ0) is 19.8. The van der Waals surface area contributed by atoms with Crippen molar-refractivity contribution in [3.05, 3.63) is 23.8 Å². The number of aliphatic hydroxyl groups is 2. The number of Topliss-reactive ketones (excluding diaryl/α,β-unsaturated/α-hetero) is 2. The molecule has 0 heterocycles. The minimum Gasteiger partial charge on any atom is -0.385 e. The summed E-state index contributed by atoms with van der Waals surface area (Å²) in [5, 5.41) is 21.1. The number of aliphatic hydroxyl groups excluding tert-OH is 1. The van der Waals surface area contributed by atoms with Crippen molar-refractivity contribution < 1.29 is 24.6 Å². The molecule has 4 rings (SSSR count). The first-order valence-corrected chi connectivity index (χ1v) is 9.96. The van der Waals surface area contributed by atoms with Gasteiger partial charge in [-0.1, -0.05) is 25.5 Å². The quantitative estimate of drug-likeness (QED) is 0.775. The molecule has 0 spiro atoms. The second-order valence-electron chi connectivity index (χ2n) is 9.47. The molecule has 0 aromatic heterocycles. The molecule has 0 aromatic carbocycles. The Balaban J connectivity index is 1.75. The van der Waals surface area contributed by atoms with Crippen LogP contribution in [0.5, 0.6) is 0 Å². The maximum atomic E-state index is 13.4. The lowest BCUT2D eigenvalue weighted by molar-refractivity contribution is -0.172. The van der Waals surface area contributed by atoms with Gasteiger partial charge in [-0.05, 0) is 56.6 Å². The molecule has 4 aliphatic rings. The van der Waals surface area contributed by atoms with Gasteiger partial charge in [-0.25, -0.2) is 0 Å². The lowest BCUT2D eigenvalue weighted by atomic mass is 9.46. The Morgan fingerprint density at radius 1 is 1.26 bits per heavy atom. The molecule has 3 saturated carbocycles. The molecule has 0 bridgehead atoms. The number of fused-ring (bicyclic) bond motifs is 5. The maximum Gasteiger partial charge on any atom is 0.192 e. The number of allylic oxidation sites excluding steroid dienone is 4. The third-order valence-corrected chi connectivity index (χ3v) is 8.20. The van der Waals surface area contributed by atoms with E-state index >= 15 is 0 Å². The summed E-state index contributed by atoms with van der Waals surface area (Å²) in [7, 11) is 0. The van der Waals surface area contributed by atoms with E-state index in [4.69, 9.17) is 0 Å². The van der Waals surface area contributed by atoms with Crippen molar-refractivity contribution in [2.45, 2.75) is 64.6 Å². The van der Waals surface area contributed by atoms with Gasteiger partial charge in [0, 0.05) is 23.2 Å². The number of carbonyl (C=O) groups is 3. The molecule has 0 saturated heterocycles. The van der Waals surface area contributed by atoms with Crippen molar-refractivity contribution in [3.63, 3.8) is 0 Å². The highest BCUT2D eigenvalue weighted by atomic mass is 16.3. The van der Waals surface area contributed by atoms with Gasteiger partial charge in [0.15, 0.2) is 11.6 Å². The summed E-state index contributed by atoms with van der Waals surface area (Å²) < 4.78 is 0. The van der Waals surface area contributed by atoms with Crippen LogP contribution < -0.4 is 0 Å². The lowest BCUT2D eigenvalue weighted by Crippen LogP contribution is -2.61. The van der Waals surface area contributed by atoms with E-state index in [9.17, 15) is 24.6 Å². The minimum absolute atomic E-state index is 0.0215. The highest BCUT2D eigenvalue weighted by Crippen LogP contribution is 2.66. The summed E-state index contributed by atoms with van der Waals surface area (Å²) in [4.78, 5) is 37.8. The zero-order valence-corrected chi connectivity index (χ0v) is 16.2. The molecule has 2 N–H and O–H groups in total. The summed E-state index contributed by atoms with van der Waals surface area (Å²) in [5.41, 5.74) is -1.92. The average molecular weight is 372 g/mol. The molecule has 146 valence electrons. The number of hydrogen-bond acceptors (Lipinski definition) is 5. The zero-order valence-electron chi connectivity index (χ0n) is 16.2. The van der Waals surface area contributed by atoms with Crippen molar-refractivity contribution >= 4 is 17.3 Å². The number of hydrogen-bond donors (Lipinski definition) is 2. The number of ketones is 3. The van der Waals surface area contributed by atoms with Gasteiger partial charge in [-0.3, -0.25) is 14.4 Å². The van der Waals surface area contributed by atoms with Gasteiger partial charge in [-0.15, -0.1) is 0 Å². The Morgan fingerprint density at radius 3 is 2.63 bits per heavy atom. The fraction of sp³-hybridized carbons (Fsp3) is 0.682. The SMILES string of the molecule is CC(O)C(=O)[C@@]1(O)CC[C@H]2[C@@H]3CCC4=CC(=O)C=C[C@]4(C)[C@H]3C(=O)C[C@@]21C.